The number of esters is 1. The molecular weight excluding hydrogens is 240 g/mol. The summed E-state index contributed by atoms with van der Waals surface area (Å²) >= 11 is 0. The molecule has 18 heavy (non-hydrogen) atoms. The van der Waals surface area contributed by atoms with Crippen LogP contribution in [0.4, 0.5) is 0 Å². The average Bonchev–Trinajstić information content (AvgIpc) is 2.36. The molecule has 0 aromatic heterocycles. The lowest BCUT2D eigenvalue weighted by Gasteiger charge is -2.13. The Kier molecular flexibility index (Phi) is 5.29. The van der Waals surface area contributed by atoms with Gasteiger partial charge in [0.1, 0.15) is 0 Å². The van der Waals surface area contributed by atoms with E-state index in [-0.39, 0.29) is 24.3 Å². The van der Waals surface area contributed by atoms with Crippen molar-refractivity contribution in [3.63, 3.8) is 0 Å². The Balaban J connectivity index is 2.58. The molecule has 0 saturated heterocycles. The van der Waals surface area contributed by atoms with Crippen LogP contribution in [0.25, 0.3) is 0 Å². The van der Waals surface area contributed by atoms with E-state index in [1.807, 2.05) is 0 Å². The molecule has 0 aliphatic rings. The van der Waals surface area contributed by atoms with Gasteiger partial charge in [0.05, 0.1) is 24.3 Å². The molecule has 6 heteroatoms. The summed E-state index contributed by atoms with van der Waals surface area (Å²) in [6.07, 6.45) is -0.774. The summed E-state index contributed by atoms with van der Waals surface area (Å²) in [6.45, 7) is 1.45. The first-order chi connectivity index (χ1) is 8.54. The fourth-order valence-electron chi connectivity index (χ4n) is 1.22. The highest BCUT2D eigenvalue weighted by molar-refractivity contribution is 5.92. The molecule has 1 aromatic rings. The van der Waals surface area contributed by atoms with Crippen molar-refractivity contribution in [2.45, 2.75) is 13.2 Å². The second kappa shape index (κ2) is 6.73. The van der Waals surface area contributed by atoms with Crippen LogP contribution in [0.5, 0.6) is 0 Å². The molecule has 0 saturated carbocycles. The first-order valence-electron chi connectivity index (χ1n) is 5.31. The summed E-state index contributed by atoms with van der Waals surface area (Å²) in [5, 5.41) is 17.2. The second-order valence-corrected chi connectivity index (χ2v) is 3.45. The molecule has 0 amide bonds. The minimum Gasteiger partial charge on any atom is -0.478 e. The predicted molar refractivity (Wildman–Crippen MR) is 61.3 cm³/mol. The molecule has 0 spiro atoms. The maximum atomic E-state index is 11.6. The first kappa shape index (κ1) is 14.1. The van der Waals surface area contributed by atoms with E-state index in [4.69, 9.17) is 19.7 Å². The van der Waals surface area contributed by atoms with Crippen molar-refractivity contribution in [2.24, 2.45) is 0 Å². The fraction of sp³-hybridized carbons (Fsp3) is 0.333. The van der Waals surface area contributed by atoms with Gasteiger partial charge >= 0.3 is 11.9 Å². The molecule has 1 rings (SSSR count). The van der Waals surface area contributed by atoms with Gasteiger partial charge in [0.15, 0.2) is 0 Å². The van der Waals surface area contributed by atoms with E-state index < -0.39 is 18.2 Å². The van der Waals surface area contributed by atoms with Crippen LogP contribution >= 0.6 is 0 Å². The number of carboxylic acid groups (broad SMARTS) is 1. The third-order valence-corrected chi connectivity index (χ3v) is 2.08. The first-order valence-corrected chi connectivity index (χ1v) is 5.31. The summed E-state index contributed by atoms with van der Waals surface area (Å²) in [5.41, 5.74) is 0.329. The smallest absolute Gasteiger partial charge is 0.340 e. The van der Waals surface area contributed by atoms with Gasteiger partial charge in [0.25, 0.3) is 0 Å². The van der Waals surface area contributed by atoms with Crippen molar-refractivity contribution in [3.8, 4) is 0 Å². The number of carboxylic acids is 1. The Hall–Kier alpha value is -1.92. The van der Waals surface area contributed by atoms with Gasteiger partial charge in [-0.2, -0.15) is 0 Å². The van der Waals surface area contributed by atoms with E-state index in [2.05, 4.69) is 0 Å². The molecule has 0 radical (unpaired) electrons. The minimum atomic E-state index is -1.06. The maximum absolute atomic E-state index is 11.6. The zero-order valence-corrected chi connectivity index (χ0v) is 9.83. The number of rotatable bonds is 6. The van der Waals surface area contributed by atoms with Crippen molar-refractivity contribution in [3.05, 3.63) is 35.4 Å². The third kappa shape index (κ3) is 4.15. The van der Waals surface area contributed by atoms with Crippen LogP contribution in [0.1, 0.15) is 27.6 Å². The molecule has 6 nitrogen and oxygen atoms in total. The summed E-state index contributed by atoms with van der Waals surface area (Å²) < 4.78 is 9.88. The number of carbonyl (C=O) groups is 2. The molecule has 0 heterocycles. The minimum absolute atomic E-state index is 0.0758. The Morgan fingerprint density at radius 2 is 1.78 bits per heavy atom. The van der Waals surface area contributed by atoms with Crippen LogP contribution in [-0.2, 0) is 9.47 Å². The van der Waals surface area contributed by atoms with Crippen LogP contribution in [0, 0.1) is 0 Å². The number of carbonyl (C=O) groups excluding carboxylic acids is 1. The van der Waals surface area contributed by atoms with Gasteiger partial charge in [0, 0.05) is 0 Å². The molecular formula is C12H14O6. The summed E-state index contributed by atoms with van der Waals surface area (Å²) in [7, 11) is 0. The van der Waals surface area contributed by atoms with Gasteiger partial charge in [-0.15, -0.1) is 0 Å². The third-order valence-electron chi connectivity index (χ3n) is 2.08. The van der Waals surface area contributed by atoms with Crippen molar-refractivity contribution >= 4 is 11.9 Å². The van der Waals surface area contributed by atoms with E-state index >= 15 is 0 Å². The highest BCUT2D eigenvalue weighted by Crippen LogP contribution is 2.08. The monoisotopic (exact) mass is 254 g/mol. The predicted octanol–water partition coefficient (Wildman–Crippen LogP) is 0.896. The van der Waals surface area contributed by atoms with Crippen LogP contribution in [0.2, 0.25) is 0 Å². The molecule has 1 aromatic carbocycles. The molecule has 0 aliphatic heterocycles. The lowest BCUT2D eigenvalue weighted by molar-refractivity contribution is -0.104. The molecule has 0 bridgehead atoms. The van der Waals surface area contributed by atoms with Crippen LogP contribution in [0.3, 0.4) is 0 Å². The molecule has 1 unspecified atom stereocenters. The highest BCUT2D eigenvalue weighted by Gasteiger charge is 2.12. The van der Waals surface area contributed by atoms with E-state index in [0.717, 1.165) is 0 Å². The summed E-state index contributed by atoms with van der Waals surface area (Å²) in [5.74, 6) is -1.67. The number of aromatic carboxylic acids is 1. The van der Waals surface area contributed by atoms with Crippen molar-refractivity contribution in [1.82, 2.24) is 0 Å². The fourth-order valence-corrected chi connectivity index (χ4v) is 1.22. The summed E-state index contributed by atoms with van der Waals surface area (Å²) in [6, 6.07) is 5.37. The lowest BCUT2D eigenvalue weighted by Crippen LogP contribution is -2.19. The van der Waals surface area contributed by atoms with Gasteiger partial charge in [-0.1, -0.05) is 0 Å². The van der Waals surface area contributed by atoms with E-state index in [9.17, 15) is 9.59 Å². The van der Waals surface area contributed by atoms with Crippen LogP contribution in [0.15, 0.2) is 24.3 Å². The highest BCUT2D eigenvalue weighted by atomic mass is 16.7. The number of hydrogen-bond acceptors (Lipinski definition) is 5. The molecule has 98 valence electrons. The van der Waals surface area contributed by atoms with E-state index in [1.54, 1.807) is 0 Å². The normalized spacial score (nSPS) is 11.9. The standard InChI is InChI=1S/C12H14O6/c1-8(17-7-6-13)18-12(16)10-4-2-9(3-5-10)11(14)15/h2-5,8,13H,6-7H2,1H3,(H,14,15). The van der Waals surface area contributed by atoms with Crippen molar-refractivity contribution < 1.29 is 29.3 Å². The number of benzene rings is 1. The van der Waals surface area contributed by atoms with Crippen LogP contribution in [-0.4, -0.2) is 41.7 Å². The largest absolute Gasteiger partial charge is 0.478 e. The number of ether oxygens (including phenoxy) is 2. The SMILES string of the molecule is CC(OCCO)OC(=O)c1ccc(C(=O)O)cc1. The van der Waals surface area contributed by atoms with Gasteiger partial charge in [-0.3, -0.25) is 0 Å². The number of hydrogen-bond donors (Lipinski definition) is 2. The van der Waals surface area contributed by atoms with Crippen molar-refractivity contribution in [2.75, 3.05) is 13.2 Å². The summed E-state index contributed by atoms with van der Waals surface area (Å²) in [4.78, 5) is 22.2. The quantitative estimate of drug-likeness (QED) is 0.578. The lowest BCUT2D eigenvalue weighted by atomic mass is 10.1. The zero-order valence-electron chi connectivity index (χ0n) is 9.83. The van der Waals surface area contributed by atoms with E-state index in [0.29, 0.717) is 0 Å². The maximum Gasteiger partial charge on any atom is 0.340 e. The van der Waals surface area contributed by atoms with Crippen molar-refractivity contribution in [1.29, 1.82) is 0 Å². The number of aliphatic hydroxyl groups excluding tert-OH is 1. The van der Waals surface area contributed by atoms with Gasteiger partial charge < -0.3 is 19.7 Å². The molecule has 0 fully saturated rings. The van der Waals surface area contributed by atoms with Gasteiger partial charge in [-0.25, -0.2) is 9.59 Å². The Bertz CT molecular complexity index is 411. The van der Waals surface area contributed by atoms with Gasteiger partial charge in [0.2, 0.25) is 6.29 Å². The molecule has 2 N–H and O–H groups in total. The molecule has 1 atom stereocenters. The molecule has 0 aliphatic carbocycles. The van der Waals surface area contributed by atoms with E-state index in [1.165, 1.54) is 31.2 Å². The average molecular weight is 254 g/mol. The van der Waals surface area contributed by atoms with Gasteiger partial charge in [-0.05, 0) is 31.2 Å². The second-order valence-electron chi connectivity index (χ2n) is 3.45. The van der Waals surface area contributed by atoms with Crippen LogP contribution < -0.4 is 0 Å². The topological polar surface area (TPSA) is 93.1 Å². The Morgan fingerprint density at radius 3 is 2.28 bits per heavy atom. The Labute approximate surface area is 104 Å². The number of aliphatic hydroxyl groups is 1. The Morgan fingerprint density at radius 1 is 1.22 bits per heavy atom. The zero-order chi connectivity index (χ0) is 13.5.